The molecular weight excluding hydrogens is 312 g/mol. The van der Waals surface area contributed by atoms with Gasteiger partial charge in [0.25, 0.3) is 15.9 Å². The monoisotopic (exact) mass is 332 g/mol. The molecule has 2 rings (SSSR count). The van der Waals surface area contributed by atoms with E-state index in [1.807, 2.05) is 12.1 Å². The molecule has 0 aliphatic carbocycles. The molecule has 0 unspecified atom stereocenters. The Morgan fingerprint density at radius 2 is 1.74 bits per heavy atom. The lowest BCUT2D eigenvalue weighted by Crippen LogP contribution is -2.18. The number of carbonyl (C=O) groups is 1. The molecule has 0 aliphatic rings. The molecule has 3 N–H and O–H groups in total. The second-order valence-corrected chi connectivity index (χ2v) is 7.08. The fourth-order valence-electron chi connectivity index (χ4n) is 2.20. The number of hydrogen-bond donors (Lipinski definition) is 2. The molecular formula is C17H20N2O3S. The zero-order valence-corrected chi connectivity index (χ0v) is 13.9. The molecule has 0 bridgehead atoms. The van der Waals surface area contributed by atoms with Crippen molar-refractivity contribution in [1.29, 1.82) is 0 Å². The minimum absolute atomic E-state index is 0.132. The van der Waals surface area contributed by atoms with Crippen LogP contribution in [0, 0.1) is 0 Å². The Morgan fingerprint density at radius 3 is 2.30 bits per heavy atom. The molecule has 2 aromatic carbocycles. The smallest absolute Gasteiger partial charge is 0.261 e. The minimum Gasteiger partial charge on any atom is -0.366 e. The first-order chi connectivity index (χ1) is 10.8. The van der Waals surface area contributed by atoms with E-state index < -0.39 is 15.9 Å². The molecule has 122 valence electrons. The van der Waals surface area contributed by atoms with E-state index in [9.17, 15) is 13.2 Å². The van der Waals surface area contributed by atoms with Crippen LogP contribution in [0.25, 0.3) is 0 Å². The maximum atomic E-state index is 12.5. The highest BCUT2D eigenvalue weighted by atomic mass is 32.2. The summed E-state index contributed by atoms with van der Waals surface area (Å²) in [6, 6.07) is 13.0. The molecule has 0 aliphatic heterocycles. The third-order valence-electron chi connectivity index (χ3n) is 3.81. The molecule has 1 amide bonds. The van der Waals surface area contributed by atoms with Crippen LogP contribution in [0.2, 0.25) is 0 Å². The van der Waals surface area contributed by atoms with Crippen LogP contribution in [0.4, 0.5) is 5.69 Å². The lowest BCUT2D eigenvalue weighted by molar-refractivity contribution is 0.100. The number of amides is 1. The van der Waals surface area contributed by atoms with Gasteiger partial charge in [-0.25, -0.2) is 8.42 Å². The van der Waals surface area contributed by atoms with Crippen LogP contribution in [-0.2, 0) is 10.0 Å². The number of rotatable bonds is 6. The van der Waals surface area contributed by atoms with Crippen molar-refractivity contribution in [2.45, 2.75) is 31.1 Å². The van der Waals surface area contributed by atoms with Gasteiger partial charge in [0.2, 0.25) is 0 Å². The average molecular weight is 332 g/mol. The van der Waals surface area contributed by atoms with E-state index in [0.29, 0.717) is 5.92 Å². The average Bonchev–Trinajstić information content (AvgIpc) is 2.54. The molecule has 0 aromatic heterocycles. The number of primary amides is 1. The van der Waals surface area contributed by atoms with E-state index in [0.717, 1.165) is 12.0 Å². The third kappa shape index (κ3) is 3.90. The number of benzene rings is 2. The van der Waals surface area contributed by atoms with E-state index in [-0.39, 0.29) is 16.1 Å². The zero-order valence-electron chi connectivity index (χ0n) is 13.1. The predicted octanol–water partition coefficient (Wildman–Crippen LogP) is 3.10. The van der Waals surface area contributed by atoms with E-state index in [2.05, 4.69) is 18.6 Å². The number of hydrogen-bond acceptors (Lipinski definition) is 3. The Balaban J connectivity index is 2.31. The molecule has 1 atom stereocenters. The maximum absolute atomic E-state index is 12.5. The molecule has 0 spiro atoms. The van der Waals surface area contributed by atoms with Crippen molar-refractivity contribution in [1.82, 2.24) is 0 Å². The Kier molecular flexibility index (Phi) is 5.05. The van der Waals surface area contributed by atoms with Crippen LogP contribution in [-0.4, -0.2) is 14.3 Å². The summed E-state index contributed by atoms with van der Waals surface area (Å²) in [6.45, 7) is 4.17. The Hall–Kier alpha value is -2.34. The van der Waals surface area contributed by atoms with Crippen molar-refractivity contribution in [3.8, 4) is 0 Å². The van der Waals surface area contributed by atoms with E-state index in [4.69, 9.17) is 5.73 Å². The van der Waals surface area contributed by atoms with Gasteiger partial charge in [0.05, 0.1) is 16.1 Å². The van der Waals surface area contributed by atoms with E-state index >= 15 is 0 Å². The number of carbonyl (C=O) groups excluding carboxylic acids is 1. The quantitative estimate of drug-likeness (QED) is 0.852. The first-order valence-electron chi connectivity index (χ1n) is 7.36. The first-order valence-corrected chi connectivity index (χ1v) is 8.85. The highest BCUT2D eigenvalue weighted by Crippen LogP contribution is 2.23. The van der Waals surface area contributed by atoms with E-state index in [1.54, 1.807) is 24.3 Å². The molecule has 0 fully saturated rings. The molecule has 23 heavy (non-hydrogen) atoms. The van der Waals surface area contributed by atoms with Gasteiger partial charge in [-0.2, -0.15) is 0 Å². The van der Waals surface area contributed by atoms with Crippen molar-refractivity contribution in [3.63, 3.8) is 0 Å². The van der Waals surface area contributed by atoms with Crippen molar-refractivity contribution < 1.29 is 13.2 Å². The summed E-state index contributed by atoms with van der Waals surface area (Å²) in [6.07, 6.45) is 0.982. The topological polar surface area (TPSA) is 89.3 Å². The van der Waals surface area contributed by atoms with Crippen LogP contribution in [0.5, 0.6) is 0 Å². The van der Waals surface area contributed by atoms with Crippen LogP contribution in [0.1, 0.15) is 42.1 Å². The minimum atomic E-state index is -3.78. The largest absolute Gasteiger partial charge is 0.366 e. The molecule has 5 nitrogen and oxygen atoms in total. The van der Waals surface area contributed by atoms with Gasteiger partial charge in [-0.05, 0) is 42.2 Å². The second-order valence-electron chi connectivity index (χ2n) is 5.39. The molecule has 0 heterocycles. The Morgan fingerprint density at radius 1 is 1.13 bits per heavy atom. The van der Waals surface area contributed by atoms with Crippen molar-refractivity contribution in [2.75, 3.05) is 4.72 Å². The molecule has 0 saturated carbocycles. The molecule has 2 aromatic rings. The van der Waals surface area contributed by atoms with Crippen LogP contribution < -0.4 is 10.5 Å². The summed E-state index contributed by atoms with van der Waals surface area (Å²) in [7, 11) is -3.78. The Bertz CT molecular complexity index is 799. The van der Waals surface area contributed by atoms with Gasteiger partial charge in [0, 0.05) is 0 Å². The third-order valence-corrected chi connectivity index (χ3v) is 5.19. The normalized spacial score (nSPS) is 12.6. The summed E-state index contributed by atoms with van der Waals surface area (Å²) in [4.78, 5) is 11.5. The summed E-state index contributed by atoms with van der Waals surface area (Å²) in [5.41, 5.74) is 6.66. The van der Waals surface area contributed by atoms with Gasteiger partial charge in [0.1, 0.15) is 0 Å². The number of nitrogens with two attached hydrogens (primary N) is 1. The second kappa shape index (κ2) is 6.83. The van der Waals surface area contributed by atoms with Crippen molar-refractivity contribution in [3.05, 3.63) is 59.7 Å². The lowest BCUT2D eigenvalue weighted by atomic mass is 9.99. The summed E-state index contributed by atoms with van der Waals surface area (Å²) >= 11 is 0. The van der Waals surface area contributed by atoms with Gasteiger partial charge in [-0.3, -0.25) is 9.52 Å². The van der Waals surface area contributed by atoms with Crippen molar-refractivity contribution >= 4 is 21.6 Å². The molecule has 0 saturated heterocycles. The van der Waals surface area contributed by atoms with Gasteiger partial charge in [-0.15, -0.1) is 0 Å². The van der Waals surface area contributed by atoms with Crippen molar-refractivity contribution in [2.24, 2.45) is 5.73 Å². The number of para-hydroxylation sites is 1. The van der Waals surface area contributed by atoms with Crippen LogP contribution in [0.3, 0.4) is 0 Å². The van der Waals surface area contributed by atoms with Crippen LogP contribution >= 0.6 is 0 Å². The summed E-state index contributed by atoms with van der Waals surface area (Å²) in [5.74, 6) is -0.314. The van der Waals surface area contributed by atoms with Gasteiger partial charge < -0.3 is 5.73 Å². The van der Waals surface area contributed by atoms with Gasteiger partial charge >= 0.3 is 0 Å². The van der Waals surface area contributed by atoms with Crippen LogP contribution in [0.15, 0.2) is 53.4 Å². The lowest BCUT2D eigenvalue weighted by Gasteiger charge is -2.12. The first kappa shape index (κ1) is 17.0. The number of sulfonamides is 1. The summed E-state index contributed by atoms with van der Waals surface area (Å²) < 4.78 is 27.3. The van der Waals surface area contributed by atoms with E-state index in [1.165, 1.54) is 12.1 Å². The predicted molar refractivity (Wildman–Crippen MR) is 90.9 cm³/mol. The SMILES string of the molecule is CC[C@@H](C)c1ccc(S(=O)(=O)Nc2ccccc2C(N)=O)cc1. The number of nitrogens with one attached hydrogen (secondary N) is 1. The molecule has 6 heteroatoms. The fourth-order valence-corrected chi connectivity index (χ4v) is 3.28. The number of anilines is 1. The molecule has 0 radical (unpaired) electrons. The maximum Gasteiger partial charge on any atom is 0.261 e. The fraction of sp³-hybridized carbons (Fsp3) is 0.235. The summed E-state index contributed by atoms with van der Waals surface area (Å²) in [5, 5.41) is 0. The zero-order chi connectivity index (χ0) is 17.0. The highest BCUT2D eigenvalue weighted by molar-refractivity contribution is 7.92. The van der Waals surface area contributed by atoms with Gasteiger partial charge in [0.15, 0.2) is 0 Å². The standard InChI is InChI=1S/C17H20N2O3S/c1-3-12(2)13-8-10-14(11-9-13)23(21,22)19-16-7-5-4-6-15(16)17(18)20/h4-12,19H,3H2,1-2H3,(H2,18,20)/t12-/m1/s1. The van der Waals surface area contributed by atoms with Gasteiger partial charge in [-0.1, -0.05) is 38.1 Å². The highest BCUT2D eigenvalue weighted by Gasteiger charge is 2.17. The Labute approximate surface area is 136 Å².